The number of carbonyl (C=O) groups is 1. The Bertz CT molecular complexity index is 1440. The van der Waals surface area contributed by atoms with Gasteiger partial charge in [0.1, 0.15) is 17.4 Å². The lowest BCUT2D eigenvalue weighted by Gasteiger charge is -2.37. The first-order valence-corrected chi connectivity index (χ1v) is 14.5. The highest BCUT2D eigenvalue weighted by atomic mass is 32.2. The van der Waals surface area contributed by atoms with Gasteiger partial charge in [-0.15, -0.1) is 0 Å². The van der Waals surface area contributed by atoms with Crippen LogP contribution in [-0.2, 0) is 12.3 Å². The van der Waals surface area contributed by atoms with Crippen molar-refractivity contribution in [2.45, 2.75) is 37.2 Å². The van der Waals surface area contributed by atoms with Crippen LogP contribution in [0.1, 0.15) is 47.3 Å². The number of nitrogens with zero attached hydrogens (tertiary/aromatic N) is 5. The van der Waals surface area contributed by atoms with E-state index < -0.39 is 0 Å². The van der Waals surface area contributed by atoms with Gasteiger partial charge in [-0.1, -0.05) is 68.1 Å². The molecule has 0 N–H and O–H groups in total. The molecule has 1 saturated heterocycles. The van der Waals surface area contributed by atoms with E-state index in [1.807, 2.05) is 48.5 Å². The minimum atomic E-state index is -0.190. The molecular weight excluding hydrogens is 525 g/mol. The maximum absolute atomic E-state index is 14.3. The predicted octanol–water partition coefficient (Wildman–Crippen LogP) is 6.22. The smallest absolute Gasteiger partial charge is 0.289 e. The van der Waals surface area contributed by atoms with Crippen LogP contribution in [-0.4, -0.2) is 54.0 Å². The summed E-state index contributed by atoms with van der Waals surface area (Å²) in [5.41, 5.74) is 2.68. The number of anilines is 2. The van der Waals surface area contributed by atoms with E-state index in [0.29, 0.717) is 47.8 Å². The van der Waals surface area contributed by atoms with Crippen LogP contribution in [0, 0.1) is 5.82 Å². The summed E-state index contributed by atoms with van der Waals surface area (Å²) in [6.45, 7) is 7.66. The van der Waals surface area contributed by atoms with E-state index in [1.54, 1.807) is 24.1 Å². The van der Waals surface area contributed by atoms with E-state index in [2.05, 4.69) is 29.7 Å². The Labute approximate surface area is 239 Å². The van der Waals surface area contributed by atoms with E-state index in [4.69, 9.17) is 14.4 Å². The minimum Gasteiger partial charge on any atom is -0.455 e. The molecule has 208 valence electrons. The number of benzene rings is 2. The molecule has 7 nitrogen and oxygen atoms in total. The van der Waals surface area contributed by atoms with Crippen molar-refractivity contribution in [3.63, 3.8) is 0 Å². The minimum absolute atomic E-state index is 0.157. The van der Waals surface area contributed by atoms with Gasteiger partial charge in [-0.2, -0.15) is 0 Å². The molecule has 0 atom stereocenters. The Morgan fingerprint density at radius 2 is 1.68 bits per heavy atom. The first-order valence-electron chi connectivity index (χ1n) is 13.5. The lowest BCUT2D eigenvalue weighted by atomic mass is 10.1. The normalized spacial score (nSPS) is 13.6. The zero-order valence-electron chi connectivity index (χ0n) is 23.1. The van der Waals surface area contributed by atoms with Gasteiger partial charge in [0.15, 0.2) is 10.9 Å². The molecule has 0 unspecified atom stereocenters. The highest BCUT2D eigenvalue weighted by Crippen LogP contribution is 2.28. The molecule has 5 rings (SSSR count). The second-order valence-corrected chi connectivity index (χ2v) is 11.2. The average molecular weight is 560 g/mol. The molecule has 0 aliphatic carbocycles. The van der Waals surface area contributed by atoms with Crippen LogP contribution in [0.25, 0.3) is 0 Å². The van der Waals surface area contributed by atoms with Crippen LogP contribution < -0.4 is 9.80 Å². The number of halogens is 1. The van der Waals surface area contributed by atoms with Crippen LogP contribution in [0.4, 0.5) is 15.9 Å². The van der Waals surface area contributed by atoms with E-state index in [9.17, 15) is 9.18 Å². The van der Waals surface area contributed by atoms with E-state index in [1.165, 1.54) is 17.8 Å². The quantitative estimate of drug-likeness (QED) is 0.178. The molecule has 40 heavy (non-hydrogen) atoms. The summed E-state index contributed by atoms with van der Waals surface area (Å²) in [5, 5.41) is 0.670. The Hall–Kier alpha value is -3.85. The number of piperazine rings is 1. The third-order valence-corrected chi connectivity index (χ3v) is 7.80. The fraction of sp³-hybridized carbons (Fsp3) is 0.323. The number of hydrogen-bond acceptors (Lipinski definition) is 7. The molecule has 0 saturated carbocycles. The van der Waals surface area contributed by atoms with Crippen LogP contribution in [0.2, 0.25) is 0 Å². The number of aromatic nitrogens is 2. The van der Waals surface area contributed by atoms with Gasteiger partial charge >= 0.3 is 0 Å². The van der Waals surface area contributed by atoms with Gasteiger partial charge in [0.2, 0.25) is 0 Å². The van der Waals surface area contributed by atoms with Crippen molar-refractivity contribution in [1.29, 1.82) is 0 Å². The molecule has 0 spiro atoms. The van der Waals surface area contributed by atoms with Crippen molar-refractivity contribution in [3.8, 4) is 0 Å². The van der Waals surface area contributed by atoms with Crippen molar-refractivity contribution >= 4 is 29.2 Å². The Kier molecular flexibility index (Phi) is 8.69. The Balaban J connectivity index is 1.22. The monoisotopic (exact) mass is 559 g/mol. The molecule has 1 aliphatic heterocycles. The zero-order chi connectivity index (χ0) is 28.1. The molecule has 3 heterocycles. The standard InChI is InChI=1S/C31H34FN5O2S/c1-22(2)26-19-29(37-17-15-36(16-18-37)27-12-8-7-11-25(27)32)34-31(33-26)40-21-24-13-14-28(39-24)30(38)35(3)20-23-9-5-4-6-10-23/h4-14,19,22H,15-18,20-21H2,1-3H3. The molecule has 1 amide bonds. The molecule has 0 radical (unpaired) electrons. The molecule has 2 aromatic carbocycles. The highest BCUT2D eigenvalue weighted by molar-refractivity contribution is 7.98. The maximum atomic E-state index is 14.3. The van der Waals surface area contributed by atoms with E-state index >= 15 is 0 Å². The van der Waals surface area contributed by atoms with Gasteiger partial charge in [0, 0.05) is 51.5 Å². The molecule has 1 fully saturated rings. The molecule has 2 aromatic heterocycles. The third-order valence-electron chi connectivity index (χ3n) is 6.93. The van der Waals surface area contributed by atoms with E-state index in [0.717, 1.165) is 30.2 Å². The third kappa shape index (κ3) is 6.65. The first kappa shape index (κ1) is 27.7. The summed E-state index contributed by atoms with van der Waals surface area (Å²) in [5.74, 6) is 2.30. The second kappa shape index (κ2) is 12.6. The van der Waals surface area contributed by atoms with Crippen molar-refractivity contribution in [3.05, 3.63) is 101 Å². The fourth-order valence-electron chi connectivity index (χ4n) is 4.66. The van der Waals surface area contributed by atoms with E-state index in [-0.39, 0.29) is 17.6 Å². The lowest BCUT2D eigenvalue weighted by Crippen LogP contribution is -2.47. The van der Waals surface area contributed by atoms with Crippen molar-refractivity contribution in [1.82, 2.24) is 14.9 Å². The molecule has 1 aliphatic rings. The Morgan fingerprint density at radius 3 is 2.40 bits per heavy atom. The van der Waals surface area contributed by atoms with Crippen molar-refractivity contribution < 1.29 is 13.6 Å². The number of amides is 1. The summed E-state index contributed by atoms with van der Waals surface area (Å²) in [4.78, 5) is 28.5. The number of hydrogen-bond donors (Lipinski definition) is 0. The molecular formula is C31H34FN5O2S. The number of rotatable bonds is 9. The maximum Gasteiger partial charge on any atom is 0.289 e. The van der Waals surface area contributed by atoms with Gasteiger partial charge in [-0.3, -0.25) is 4.79 Å². The lowest BCUT2D eigenvalue weighted by molar-refractivity contribution is 0.0752. The summed E-state index contributed by atoms with van der Waals surface area (Å²) in [7, 11) is 1.77. The summed E-state index contributed by atoms with van der Waals surface area (Å²) >= 11 is 1.49. The number of thioether (sulfide) groups is 1. The number of carbonyl (C=O) groups excluding carboxylic acids is 1. The highest BCUT2D eigenvalue weighted by Gasteiger charge is 2.22. The van der Waals surface area contributed by atoms with Crippen molar-refractivity contribution in [2.24, 2.45) is 0 Å². The topological polar surface area (TPSA) is 65.7 Å². The van der Waals surface area contributed by atoms with Gasteiger partial charge in [-0.05, 0) is 35.7 Å². The number of para-hydroxylation sites is 1. The summed E-state index contributed by atoms with van der Waals surface area (Å²) in [6, 6.07) is 22.4. The molecule has 4 aromatic rings. The molecule has 9 heteroatoms. The largest absolute Gasteiger partial charge is 0.455 e. The second-order valence-electron chi connectivity index (χ2n) is 10.2. The van der Waals surface area contributed by atoms with Gasteiger partial charge in [-0.25, -0.2) is 14.4 Å². The molecule has 0 bridgehead atoms. The first-order chi connectivity index (χ1) is 19.4. The Morgan fingerprint density at radius 1 is 0.975 bits per heavy atom. The average Bonchev–Trinajstić information content (AvgIpc) is 3.45. The van der Waals surface area contributed by atoms with Gasteiger partial charge < -0.3 is 19.1 Å². The van der Waals surface area contributed by atoms with Crippen LogP contribution in [0.15, 0.2) is 82.4 Å². The van der Waals surface area contributed by atoms with Gasteiger partial charge in [0.05, 0.1) is 11.4 Å². The van der Waals surface area contributed by atoms with Crippen LogP contribution >= 0.6 is 11.8 Å². The van der Waals surface area contributed by atoms with Gasteiger partial charge in [0.25, 0.3) is 5.91 Å². The zero-order valence-corrected chi connectivity index (χ0v) is 23.9. The number of furan rings is 1. The van der Waals surface area contributed by atoms with Crippen molar-refractivity contribution in [2.75, 3.05) is 43.0 Å². The van der Waals surface area contributed by atoms with Crippen LogP contribution in [0.5, 0.6) is 0 Å². The SMILES string of the molecule is CC(C)c1cc(N2CCN(c3ccccc3F)CC2)nc(SCc2ccc(C(=O)N(C)Cc3ccccc3)o2)n1. The van der Waals surface area contributed by atoms with Crippen LogP contribution in [0.3, 0.4) is 0 Å². The fourth-order valence-corrected chi connectivity index (χ4v) is 5.42. The predicted molar refractivity (Wildman–Crippen MR) is 157 cm³/mol. The summed E-state index contributed by atoms with van der Waals surface area (Å²) < 4.78 is 20.2. The summed E-state index contributed by atoms with van der Waals surface area (Å²) in [6.07, 6.45) is 0.